The molecule has 0 fully saturated rings. The summed E-state index contributed by atoms with van der Waals surface area (Å²) in [4.78, 5) is 17.7. The number of nitrogens with one attached hydrogen (secondary N) is 1. The monoisotopic (exact) mass is 483 g/mol. The molecule has 0 aliphatic carbocycles. The number of hydrogen-bond donors (Lipinski definition) is 1. The smallest absolute Gasteiger partial charge is 0.406 e. The van der Waals surface area contributed by atoms with Crippen LogP contribution in [0.1, 0.15) is 52.7 Å². The Labute approximate surface area is 185 Å². The number of ether oxygens (including phenoxy) is 1. The lowest BCUT2D eigenvalue weighted by Crippen LogP contribution is -2.28. The number of amides is 1. The molecule has 0 aliphatic heterocycles. The van der Waals surface area contributed by atoms with Crippen molar-refractivity contribution in [2.75, 3.05) is 19.6 Å². The number of carbonyl (C=O) groups excluding carboxylic acids is 1. The zero-order valence-electron chi connectivity index (χ0n) is 17.6. The number of halogens is 6. The zero-order valence-corrected chi connectivity index (χ0v) is 18.4. The van der Waals surface area contributed by atoms with Crippen LogP contribution in [-0.4, -0.2) is 41.8 Å². The molecule has 1 unspecified atom stereocenters. The maximum atomic E-state index is 13.5. The van der Waals surface area contributed by atoms with Crippen LogP contribution < -0.4 is 10.1 Å². The fourth-order valence-corrected chi connectivity index (χ4v) is 3.91. The number of rotatable bonds is 9. The molecular formula is C20H23F6N3O2S. The Morgan fingerprint density at radius 1 is 1.19 bits per heavy atom. The average Bonchev–Trinajstić information content (AvgIpc) is 3.12. The predicted octanol–water partition coefficient (Wildman–Crippen LogP) is 5.44. The fourth-order valence-electron chi connectivity index (χ4n) is 2.94. The van der Waals surface area contributed by atoms with Gasteiger partial charge in [0.05, 0.1) is 11.0 Å². The average molecular weight is 483 g/mol. The van der Waals surface area contributed by atoms with Gasteiger partial charge in [0, 0.05) is 13.0 Å². The van der Waals surface area contributed by atoms with Crippen molar-refractivity contribution in [2.24, 2.45) is 0 Å². The largest absolute Gasteiger partial charge is 0.573 e. The van der Waals surface area contributed by atoms with Gasteiger partial charge in [0.25, 0.3) is 5.91 Å². The van der Waals surface area contributed by atoms with Gasteiger partial charge in [-0.25, -0.2) is 4.98 Å². The maximum absolute atomic E-state index is 13.5. The Balaban J connectivity index is 2.20. The molecule has 0 saturated heterocycles. The third kappa shape index (κ3) is 7.37. The highest BCUT2D eigenvalue weighted by molar-refractivity contribution is 7.13. The molecular weight excluding hydrogens is 460 g/mol. The van der Waals surface area contributed by atoms with E-state index in [1.807, 2.05) is 18.7 Å². The molecule has 0 aliphatic rings. The molecule has 1 N–H and O–H groups in total. The Bertz CT molecular complexity index is 909. The minimum absolute atomic E-state index is 0.183. The van der Waals surface area contributed by atoms with Gasteiger partial charge in [-0.3, -0.25) is 4.79 Å². The number of alkyl halides is 6. The molecule has 0 spiro atoms. The highest BCUT2D eigenvalue weighted by Gasteiger charge is 2.40. The Hall–Kier alpha value is -2.34. The Morgan fingerprint density at radius 3 is 2.41 bits per heavy atom. The van der Waals surface area contributed by atoms with Crippen LogP contribution in [0.5, 0.6) is 5.75 Å². The van der Waals surface area contributed by atoms with E-state index in [2.05, 4.69) is 15.0 Å². The van der Waals surface area contributed by atoms with Crippen molar-refractivity contribution in [2.45, 2.75) is 45.8 Å². The van der Waals surface area contributed by atoms with Crippen molar-refractivity contribution >= 4 is 17.2 Å². The lowest BCUT2D eigenvalue weighted by Gasteiger charge is -2.16. The summed E-state index contributed by atoms with van der Waals surface area (Å²) in [5.74, 6) is -1.50. The lowest BCUT2D eigenvalue weighted by atomic mass is 10.1. The van der Waals surface area contributed by atoms with Crippen molar-refractivity contribution in [1.29, 1.82) is 0 Å². The van der Waals surface area contributed by atoms with Crippen molar-refractivity contribution < 1.29 is 35.9 Å². The topological polar surface area (TPSA) is 54.5 Å². The molecule has 0 bridgehead atoms. The molecule has 1 aromatic heterocycles. The third-order valence-electron chi connectivity index (χ3n) is 4.62. The van der Waals surface area contributed by atoms with E-state index in [0.29, 0.717) is 17.9 Å². The van der Waals surface area contributed by atoms with Crippen LogP contribution in [-0.2, 0) is 12.6 Å². The molecule has 32 heavy (non-hydrogen) atoms. The molecule has 2 aromatic rings. The molecule has 2 rings (SSSR count). The van der Waals surface area contributed by atoms with Crippen molar-refractivity contribution in [1.82, 2.24) is 15.2 Å². The summed E-state index contributed by atoms with van der Waals surface area (Å²) in [7, 11) is 0. The quantitative estimate of drug-likeness (QED) is 0.483. The third-order valence-corrected chi connectivity index (χ3v) is 5.74. The molecule has 1 aromatic carbocycles. The summed E-state index contributed by atoms with van der Waals surface area (Å²) in [6.45, 7) is 7.27. The fraction of sp³-hybridized carbons (Fsp3) is 0.500. The van der Waals surface area contributed by atoms with Gasteiger partial charge < -0.3 is 15.0 Å². The maximum Gasteiger partial charge on any atom is 0.573 e. The van der Waals surface area contributed by atoms with Crippen LogP contribution >= 0.6 is 11.3 Å². The zero-order chi connectivity index (χ0) is 24.1. The summed E-state index contributed by atoms with van der Waals surface area (Å²) < 4.78 is 81.5. The number of nitrogens with zero attached hydrogens (tertiary/aromatic N) is 2. The van der Waals surface area contributed by atoms with Crippen LogP contribution in [0.15, 0.2) is 24.3 Å². The van der Waals surface area contributed by atoms with Gasteiger partial charge in [-0.2, -0.15) is 13.2 Å². The van der Waals surface area contributed by atoms with Gasteiger partial charge >= 0.3 is 12.5 Å². The molecule has 0 saturated carbocycles. The van der Waals surface area contributed by atoms with Crippen LogP contribution in [0.4, 0.5) is 26.3 Å². The SMILES string of the molecule is CCN(CC)CCc1nc(C(F)(F)F)c(C(=O)NC(C)c2cccc(OC(F)(F)F)c2)s1. The Morgan fingerprint density at radius 2 is 1.84 bits per heavy atom. The number of carbonyl (C=O) groups is 1. The van der Waals surface area contributed by atoms with Gasteiger partial charge in [0.15, 0.2) is 5.69 Å². The van der Waals surface area contributed by atoms with Gasteiger partial charge in [-0.15, -0.1) is 24.5 Å². The van der Waals surface area contributed by atoms with Crippen LogP contribution in [0.2, 0.25) is 0 Å². The first kappa shape index (κ1) is 25.9. The summed E-state index contributed by atoms with van der Waals surface area (Å²) >= 11 is 0.662. The van der Waals surface area contributed by atoms with Gasteiger partial charge in [-0.05, 0) is 37.7 Å². The number of aromatic nitrogens is 1. The minimum atomic E-state index is -4.89. The first-order chi connectivity index (χ1) is 14.8. The van der Waals surface area contributed by atoms with Crippen molar-refractivity contribution in [3.05, 3.63) is 45.4 Å². The summed E-state index contributed by atoms with van der Waals surface area (Å²) in [6, 6.07) is 3.99. The van der Waals surface area contributed by atoms with Crippen LogP contribution in [0.3, 0.4) is 0 Å². The summed E-state index contributed by atoms with van der Waals surface area (Å²) in [5, 5.41) is 2.58. The second-order valence-corrected chi connectivity index (χ2v) is 7.96. The van der Waals surface area contributed by atoms with E-state index >= 15 is 0 Å². The molecule has 0 radical (unpaired) electrons. The molecule has 1 atom stereocenters. The van der Waals surface area contributed by atoms with E-state index in [0.717, 1.165) is 25.2 Å². The molecule has 1 heterocycles. The second kappa shape index (κ2) is 10.5. The van der Waals surface area contributed by atoms with Gasteiger partial charge in [0.1, 0.15) is 10.6 Å². The summed E-state index contributed by atoms with van der Waals surface area (Å²) in [5.41, 5.74) is -1.03. The van der Waals surface area contributed by atoms with Gasteiger partial charge in [-0.1, -0.05) is 26.0 Å². The normalized spacial score (nSPS) is 13.3. The first-order valence-corrected chi connectivity index (χ1v) is 10.6. The highest BCUT2D eigenvalue weighted by atomic mass is 32.1. The first-order valence-electron chi connectivity index (χ1n) is 9.79. The van der Waals surface area contributed by atoms with E-state index in [1.54, 1.807) is 0 Å². The van der Waals surface area contributed by atoms with E-state index < -0.39 is 40.8 Å². The van der Waals surface area contributed by atoms with E-state index in [4.69, 9.17) is 0 Å². The predicted molar refractivity (Wildman–Crippen MR) is 108 cm³/mol. The molecule has 1 amide bonds. The number of likely N-dealkylation sites (N-methyl/N-ethyl adjacent to an activating group) is 1. The van der Waals surface area contributed by atoms with E-state index in [-0.39, 0.29) is 17.0 Å². The number of hydrogen-bond acceptors (Lipinski definition) is 5. The summed E-state index contributed by atoms with van der Waals surface area (Å²) in [6.07, 6.45) is -9.45. The second-order valence-electron chi connectivity index (χ2n) is 6.88. The lowest BCUT2D eigenvalue weighted by molar-refractivity contribution is -0.274. The Kier molecular flexibility index (Phi) is 8.52. The van der Waals surface area contributed by atoms with Crippen LogP contribution in [0, 0.1) is 0 Å². The number of benzene rings is 1. The molecule has 5 nitrogen and oxygen atoms in total. The van der Waals surface area contributed by atoms with E-state index in [1.165, 1.54) is 19.1 Å². The highest BCUT2D eigenvalue weighted by Crippen LogP contribution is 2.35. The number of thiazole rings is 1. The molecule has 12 heteroatoms. The van der Waals surface area contributed by atoms with Crippen LogP contribution in [0.25, 0.3) is 0 Å². The molecule has 178 valence electrons. The van der Waals surface area contributed by atoms with Crippen molar-refractivity contribution in [3.63, 3.8) is 0 Å². The van der Waals surface area contributed by atoms with Gasteiger partial charge in [0.2, 0.25) is 0 Å². The van der Waals surface area contributed by atoms with E-state index in [9.17, 15) is 31.1 Å². The standard InChI is InChI=1S/C20H23F6N3O2S/c1-4-29(5-2)10-9-15-28-17(19(21,22)23)16(32-15)18(30)27-12(3)13-7-6-8-14(11-13)31-20(24,25)26/h6-8,11-12H,4-5,9-10H2,1-3H3,(H,27,30). The van der Waals surface area contributed by atoms with Crippen molar-refractivity contribution in [3.8, 4) is 5.75 Å². The minimum Gasteiger partial charge on any atom is -0.406 e.